The molecular weight excluding hydrogens is 380 g/mol. The lowest BCUT2D eigenvalue weighted by Gasteiger charge is -2.13. The molecule has 2 aromatic carbocycles. The first-order valence-electron chi connectivity index (χ1n) is 8.98. The van der Waals surface area contributed by atoms with Gasteiger partial charge in [0.25, 0.3) is 11.6 Å². The van der Waals surface area contributed by atoms with Crippen molar-refractivity contribution in [3.8, 4) is 11.5 Å². The van der Waals surface area contributed by atoms with Crippen LogP contribution in [-0.2, 0) is 13.0 Å². The van der Waals surface area contributed by atoms with E-state index < -0.39 is 4.92 Å². The Labute approximate surface area is 167 Å². The first kappa shape index (κ1) is 20.0. The average molecular weight is 402 g/mol. The number of hydrogen-bond donors (Lipinski definition) is 1. The monoisotopic (exact) mass is 402 g/mol. The van der Waals surface area contributed by atoms with E-state index in [1.54, 1.807) is 18.4 Å². The third-order valence-corrected chi connectivity index (χ3v) is 5.24. The summed E-state index contributed by atoms with van der Waals surface area (Å²) >= 11 is 1.27. The fraction of sp³-hybridized carbons (Fsp3) is 0.350. The molecular formula is C20H22N2O5S. The van der Waals surface area contributed by atoms with Gasteiger partial charge in [-0.15, -0.1) is 11.8 Å². The molecule has 1 N–H and O–H groups in total. The van der Waals surface area contributed by atoms with E-state index >= 15 is 0 Å². The second-order valence-electron chi connectivity index (χ2n) is 6.46. The van der Waals surface area contributed by atoms with Crippen LogP contribution >= 0.6 is 11.8 Å². The molecule has 28 heavy (non-hydrogen) atoms. The first-order chi connectivity index (χ1) is 13.4. The maximum atomic E-state index is 12.5. The molecule has 0 aromatic heterocycles. The Bertz CT molecular complexity index is 916. The standard InChI is InChI=1S/C20H22N2O5S/c1-4-26-17-9-14-7-12(2)27-18(14)10-15(17)11-21-20(23)13-5-6-19(28-3)16(8-13)22(24)25/h5-6,8-10,12H,4,7,11H2,1-3H3,(H,21,23)/t12-/m1/s1. The Morgan fingerprint density at radius 1 is 1.39 bits per heavy atom. The lowest BCUT2D eigenvalue weighted by Crippen LogP contribution is -2.23. The molecule has 148 valence electrons. The van der Waals surface area contributed by atoms with Gasteiger partial charge in [-0.2, -0.15) is 0 Å². The van der Waals surface area contributed by atoms with Gasteiger partial charge in [-0.1, -0.05) is 0 Å². The highest BCUT2D eigenvalue weighted by molar-refractivity contribution is 7.98. The molecule has 0 saturated heterocycles. The maximum absolute atomic E-state index is 12.5. The van der Waals surface area contributed by atoms with Gasteiger partial charge in [0.1, 0.15) is 17.6 Å². The van der Waals surface area contributed by atoms with Crippen LogP contribution in [0, 0.1) is 10.1 Å². The minimum Gasteiger partial charge on any atom is -0.494 e. The van der Waals surface area contributed by atoms with Crippen LogP contribution in [0.3, 0.4) is 0 Å². The SMILES string of the molecule is CCOc1cc2c(cc1CNC(=O)c1ccc(SC)c([N+](=O)[O-])c1)O[C@H](C)C2. The molecule has 1 aliphatic heterocycles. The Kier molecular flexibility index (Phi) is 6.08. The van der Waals surface area contributed by atoms with E-state index in [9.17, 15) is 14.9 Å². The number of nitro benzene ring substituents is 1. The lowest BCUT2D eigenvalue weighted by molar-refractivity contribution is -0.387. The Morgan fingerprint density at radius 2 is 2.18 bits per heavy atom. The van der Waals surface area contributed by atoms with Crippen LogP contribution in [0.4, 0.5) is 5.69 Å². The molecule has 8 heteroatoms. The number of benzene rings is 2. The van der Waals surface area contributed by atoms with Gasteiger partial charge in [0.2, 0.25) is 0 Å². The highest BCUT2D eigenvalue weighted by atomic mass is 32.2. The number of carbonyl (C=O) groups is 1. The molecule has 0 unspecified atom stereocenters. The predicted octanol–water partition coefficient (Wildman–Crippen LogP) is 3.97. The minimum absolute atomic E-state index is 0.0740. The number of hydrogen-bond acceptors (Lipinski definition) is 6. The molecule has 1 amide bonds. The molecule has 0 aliphatic carbocycles. The number of nitrogens with one attached hydrogen (secondary N) is 1. The van der Waals surface area contributed by atoms with E-state index in [1.807, 2.05) is 26.0 Å². The summed E-state index contributed by atoms with van der Waals surface area (Å²) in [5, 5.41) is 14.0. The molecule has 0 saturated carbocycles. The number of nitrogens with zero attached hydrogens (tertiary/aromatic N) is 1. The van der Waals surface area contributed by atoms with Gasteiger partial charge < -0.3 is 14.8 Å². The predicted molar refractivity (Wildman–Crippen MR) is 107 cm³/mol. The second kappa shape index (κ2) is 8.52. The number of thioether (sulfide) groups is 1. The highest BCUT2D eigenvalue weighted by Gasteiger charge is 2.22. The van der Waals surface area contributed by atoms with E-state index in [4.69, 9.17) is 9.47 Å². The van der Waals surface area contributed by atoms with Crippen molar-refractivity contribution >= 4 is 23.4 Å². The fourth-order valence-corrected chi connectivity index (χ4v) is 3.71. The van der Waals surface area contributed by atoms with E-state index in [0.717, 1.165) is 23.3 Å². The number of ether oxygens (including phenoxy) is 2. The average Bonchev–Trinajstić information content (AvgIpc) is 3.04. The van der Waals surface area contributed by atoms with Crippen LogP contribution in [0.25, 0.3) is 0 Å². The molecule has 0 bridgehead atoms. The zero-order valence-corrected chi connectivity index (χ0v) is 16.8. The van der Waals surface area contributed by atoms with E-state index in [0.29, 0.717) is 17.3 Å². The van der Waals surface area contributed by atoms with Gasteiger partial charge in [-0.05, 0) is 44.4 Å². The highest BCUT2D eigenvalue weighted by Crippen LogP contribution is 2.35. The summed E-state index contributed by atoms with van der Waals surface area (Å²) in [4.78, 5) is 23.8. The Balaban J connectivity index is 1.79. The van der Waals surface area contributed by atoms with Crippen molar-refractivity contribution in [3.63, 3.8) is 0 Å². The molecule has 1 atom stereocenters. The number of nitro groups is 1. The summed E-state index contributed by atoms with van der Waals surface area (Å²) in [6.07, 6.45) is 2.70. The van der Waals surface area contributed by atoms with Crippen LogP contribution in [0.5, 0.6) is 11.5 Å². The third-order valence-electron chi connectivity index (χ3n) is 4.46. The zero-order chi connectivity index (χ0) is 20.3. The van der Waals surface area contributed by atoms with Crippen LogP contribution in [-0.4, -0.2) is 29.8 Å². The van der Waals surface area contributed by atoms with Crippen LogP contribution < -0.4 is 14.8 Å². The largest absolute Gasteiger partial charge is 0.494 e. The van der Waals surface area contributed by atoms with Gasteiger partial charge in [0, 0.05) is 35.7 Å². The van der Waals surface area contributed by atoms with Crippen molar-refractivity contribution in [1.29, 1.82) is 0 Å². The minimum atomic E-state index is -0.477. The number of fused-ring (bicyclic) bond motifs is 1. The van der Waals surface area contributed by atoms with Crippen molar-refractivity contribution in [2.24, 2.45) is 0 Å². The quantitative estimate of drug-likeness (QED) is 0.428. The molecule has 1 aliphatic rings. The molecule has 2 aromatic rings. The number of carbonyl (C=O) groups excluding carboxylic acids is 1. The fourth-order valence-electron chi connectivity index (χ4n) is 3.16. The van der Waals surface area contributed by atoms with Crippen LogP contribution in [0.1, 0.15) is 35.3 Å². The second-order valence-corrected chi connectivity index (χ2v) is 7.31. The topological polar surface area (TPSA) is 90.7 Å². The van der Waals surface area contributed by atoms with Crippen molar-refractivity contribution < 1.29 is 19.2 Å². The summed E-state index contributed by atoms with van der Waals surface area (Å²) in [6, 6.07) is 8.34. The van der Waals surface area contributed by atoms with Gasteiger partial charge in [-0.3, -0.25) is 14.9 Å². The number of amides is 1. The maximum Gasteiger partial charge on any atom is 0.283 e. The van der Waals surface area contributed by atoms with Crippen LogP contribution in [0.2, 0.25) is 0 Å². The molecule has 7 nitrogen and oxygen atoms in total. The van der Waals surface area contributed by atoms with Gasteiger partial charge in [0.15, 0.2) is 0 Å². The van der Waals surface area contributed by atoms with Crippen LogP contribution in [0.15, 0.2) is 35.2 Å². The summed E-state index contributed by atoms with van der Waals surface area (Å²) in [5.41, 5.74) is 2.07. The molecule has 3 rings (SSSR count). The molecule has 1 heterocycles. The van der Waals surface area contributed by atoms with Crippen molar-refractivity contribution in [2.75, 3.05) is 12.9 Å². The summed E-state index contributed by atoms with van der Waals surface area (Å²) < 4.78 is 11.5. The Hall–Kier alpha value is -2.74. The summed E-state index contributed by atoms with van der Waals surface area (Å²) in [5.74, 6) is 1.14. The lowest BCUT2D eigenvalue weighted by atomic mass is 10.1. The summed E-state index contributed by atoms with van der Waals surface area (Å²) in [6.45, 7) is 4.66. The zero-order valence-electron chi connectivity index (χ0n) is 16.0. The Morgan fingerprint density at radius 3 is 2.86 bits per heavy atom. The van der Waals surface area contributed by atoms with E-state index in [1.165, 1.54) is 17.8 Å². The van der Waals surface area contributed by atoms with Crippen molar-refractivity contribution in [2.45, 2.75) is 37.8 Å². The van der Waals surface area contributed by atoms with Crippen molar-refractivity contribution in [1.82, 2.24) is 5.32 Å². The third kappa shape index (κ3) is 4.22. The summed E-state index contributed by atoms with van der Waals surface area (Å²) in [7, 11) is 0. The van der Waals surface area contributed by atoms with Gasteiger partial charge in [-0.25, -0.2) is 0 Å². The van der Waals surface area contributed by atoms with Gasteiger partial charge in [0.05, 0.1) is 16.4 Å². The van der Waals surface area contributed by atoms with E-state index in [-0.39, 0.29) is 29.8 Å². The molecule has 0 radical (unpaired) electrons. The molecule has 0 spiro atoms. The molecule has 0 fully saturated rings. The smallest absolute Gasteiger partial charge is 0.283 e. The normalized spacial score (nSPS) is 14.9. The first-order valence-corrected chi connectivity index (χ1v) is 10.2. The van der Waals surface area contributed by atoms with Gasteiger partial charge >= 0.3 is 0 Å². The number of rotatable bonds is 7. The van der Waals surface area contributed by atoms with Crippen molar-refractivity contribution in [3.05, 3.63) is 57.1 Å². The van der Waals surface area contributed by atoms with E-state index in [2.05, 4.69) is 5.32 Å².